The van der Waals surface area contributed by atoms with Gasteiger partial charge in [0.25, 0.3) is 5.91 Å². The number of rotatable bonds is 14. The molecule has 1 spiro atoms. The van der Waals surface area contributed by atoms with Gasteiger partial charge in [-0.3, -0.25) is 19.2 Å². The van der Waals surface area contributed by atoms with E-state index in [1.807, 2.05) is 6.07 Å². The van der Waals surface area contributed by atoms with Gasteiger partial charge in [0.1, 0.15) is 17.7 Å². The number of fused-ring (bicyclic) bond motifs is 1. The molecule has 2 aromatic rings. The fourth-order valence-electron chi connectivity index (χ4n) is 6.92. The molecule has 2 N–H and O–H groups in total. The molecule has 244 valence electrons. The third-order valence-electron chi connectivity index (χ3n) is 8.85. The number of likely N-dealkylation sites (tertiary alicyclic amines) is 1. The molecule has 2 bridgehead atoms. The maximum atomic E-state index is 14.5. The van der Waals surface area contributed by atoms with E-state index in [4.69, 9.17) is 21.1 Å². The predicted molar refractivity (Wildman–Crippen MR) is 176 cm³/mol. The average Bonchev–Trinajstić information content (AvgIpc) is 3.64. The average molecular weight is 715 g/mol. The maximum absolute atomic E-state index is 14.5. The van der Waals surface area contributed by atoms with E-state index in [-0.39, 0.29) is 43.2 Å². The second-order valence-electron chi connectivity index (χ2n) is 11.6. The second-order valence-corrected chi connectivity index (χ2v) is 13.2. The van der Waals surface area contributed by atoms with Gasteiger partial charge in [-0.2, -0.15) is 0 Å². The van der Waals surface area contributed by atoms with E-state index in [9.17, 15) is 24.3 Å². The highest BCUT2D eigenvalue weighted by Crippen LogP contribution is 2.60. The number of carbonyl (C=O) groups is 4. The molecule has 2 aromatic carbocycles. The minimum atomic E-state index is -1.37. The van der Waals surface area contributed by atoms with E-state index in [0.717, 1.165) is 0 Å². The van der Waals surface area contributed by atoms with E-state index in [1.54, 1.807) is 60.7 Å². The minimum Gasteiger partial charge on any atom is -0.455 e. The summed E-state index contributed by atoms with van der Waals surface area (Å²) in [7, 11) is 0. The molecule has 1 unspecified atom stereocenters. The monoisotopic (exact) mass is 713 g/mol. The first kappa shape index (κ1) is 33.8. The van der Waals surface area contributed by atoms with Crippen molar-refractivity contribution in [2.45, 2.75) is 47.9 Å². The van der Waals surface area contributed by atoms with Crippen LogP contribution in [0.2, 0.25) is 5.02 Å². The van der Waals surface area contributed by atoms with Gasteiger partial charge in [-0.05, 0) is 30.5 Å². The molecule has 7 atom stereocenters. The summed E-state index contributed by atoms with van der Waals surface area (Å²) < 4.78 is 12.6. The number of ether oxygens (including phenoxy) is 2. The third kappa shape index (κ3) is 6.25. The molecule has 3 aliphatic heterocycles. The van der Waals surface area contributed by atoms with Crippen LogP contribution in [0.4, 0.5) is 5.69 Å². The van der Waals surface area contributed by atoms with Crippen LogP contribution in [0.3, 0.4) is 0 Å². The number of esters is 1. The Morgan fingerprint density at radius 1 is 1.17 bits per heavy atom. The molecule has 5 rings (SSSR count). The van der Waals surface area contributed by atoms with Crippen molar-refractivity contribution in [2.24, 2.45) is 11.8 Å². The van der Waals surface area contributed by atoms with Crippen LogP contribution in [0.15, 0.2) is 79.9 Å². The van der Waals surface area contributed by atoms with Gasteiger partial charge in [-0.25, -0.2) is 0 Å². The first-order valence-corrected chi connectivity index (χ1v) is 16.5. The largest absolute Gasteiger partial charge is 0.455 e. The number of aliphatic hydroxyl groups excluding tert-OH is 1. The number of nitrogens with zero attached hydrogens (tertiary/aromatic N) is 2. The van der Waals surface area contributed by atoms with Crippen LogP contribution in [0.1, 0.15) is 30.9 Å². The smallest absolute Gasteiger partial charge is 0.313 e. The number of hydrogen-bond donors (Lipinski definition) is 2. The van der Waals surface area contributed by atoms with E-state index >= 15 is 0 Å². The summed E-state index contributed by atoms with van der Waals surface area (Å²) >= 11 is 10.2. The van der Waals surface area contributed by atoms with Gasteiger partial charge in [0.05, 0.1) is 41.8 Å². The van der Waals surface area contributed by atoms with Crippen LogP contribution in [0.5, 0.6) is 0 Å². The van der Waals surface area contributed by atoms with Crippen LogP contribution in [0, 0.1) is 11.8 Å². The number of β-amino-alcohol motifs (C(OH)–C–C–N with tert-alkyl or cyclic N) is 1. The number of carbonyl (C=O) groups excluding carboxylic acids is 4. The van der Waals surface area contributed by atoms with Gasteiger partial charge >= 0.3 is 5.97 Å². The quantitative estimate of drug-likeness (QED) is 0.173. The summed E-state index contributed by atoms with van der Waals surface area (Å²) in [6.45, 7) is 7.04. The summed E-state index contributed by atoms with van der Waals surface area (Å²) in [5.74, 6) is -3.89. The molecular formula is C34H37BrClN3O7. The first-order chi connectivity index (χ1) is 22.2. The van der Waals surface area contributed by atoms with Crippen LogP contribution < -0.4 is 10.2 Å². The number of nitrogens with one attached hydrogen (secondary N) is 1. The van der Waals surface area contributed by atoms with Crippen molar-refractivity contribution >= 4 is 56.9 Å². The van der Waals surface area contributed by atoms with Gasteiger partial charge in [0.15, 0.2) is 0 Å². The highest BCUT2D eigenvalue weighted by atomic mass is 79.9. The van der Waals surface area contributed by atoms with Crippen LogP contribution in [-0.4, -0.2) is 82.5 Å². The number of anilines is 1. The van der Waals surface area contributed by atoms with Crippen LogP contribution >= 0.6 is 27.5 Å². The number of aliphatic hydroxyl groups is 1. The van der Waals surface area contributed by atoms with Crippen LogP contribution in [-0.2, 0) is 28.7 Å². The van der Waals surface area contributed by atoms with Crippen molar-refractivity contribution in [1.82, 2.24) is 10.2 Å². The van der Waals surface area contributed by atoms with Crippen molar-refractivity contribution in [1.29, 1.82) is 0 Å². The Balaban J connectivity index is 1.47. The molecular weight excluding hydrogens is 678 g/mol. The minimum absolute atomic E-state index is 0.0254. The Morgan fingerprint density at radius 3 is 2.57 bits per heavy atom. The Hall–Kier alpha value is -3.51. The Morgan fingerprint density at radius 2 is 1.89 bits per heavy atom. The molecule has 3 aliphatic rings. The molecule has 3 saturated heterocycles. The normalized spacial score (nSPS) is 26.7. The molecule has 3 amide bonds. The summed E-state index contributed by atoms with van der Waals surface area (Å²) in [6, 6.07) is 14.7. The van der Waals surface area contributed by atoms with Crippen molar-refractivity contribution in [3.05, 3.63) is 90.5 Å². The third-order valence-corrected chi connectivity index (χ3v) is 10.0. The molecule has 0 aromatic heterocycles. The van der Waals surface area contributed by atoms with Gasteiger partial charge in [0.2, 0.25) is 11.8 Å². The number of alkyl halides is 1. The summed E-state index contributed by atoms with van der Waals surface area (Å²) in [4.78, 5) is 57.6. The maximum Gasteiger partial charge on any atom is 0.313 e. The summed E-state index contributed by atoms with van der Waals surface area (Å²) in [6.07, 6.45) is 2.65. The van der Waals surface area contributed by atoms with Gasteiger partial charge < -0.3 is 29.7 Å². The first-order valence-electron chi connectivity index (χ1n) is 15.2. The number of benzene rings is 2. The predicted octanol–water partition coefficient (Wildman–Crippen LogP) is 3.97. The number of halogens is 2. The topological polar surface area (TPSA) is 125 Å². The molecule has 46 heavy (non-hydrogen) atoms. The highest BCUT2D eigenvalue weighted by Gasteiger charge is 2.77. The highest BCUT2D eigenvalue weighted by molar-refractivity contribution is 9.09. The van der Waals surface area contributed by atoms with Crippen molar-refractivity contribution in [3.63, 3.8) is 0 Å². The number of allylic oxidation sites excluding steroid dienone is 1. The van der Waals surface area contributed by atoms with E-state index in [2.05, 4.69) is 34.4 Å². The SMILES string of the molecule is C=CCCC(=O)NC[C@H](OC(=O)[C@@H]1[C@H]2O[C@@]3(CC2Br)[C@H](C(=O)N(CC=C)c2ccccc2Cl)N(CCO)C(=O)[C@@H]13)c1ccccc1. The molecule has 0 aliphatic carbocycles. The van der Waals surface area contributed by atoms with E-state index in [1.165, 1.54) is 9.80 Å². The van der Waals surface area contributed by atoms with Crippen molar-refractivity contribution in [3.8, 4) is 0 Å². The Labute approximate surface area is 281 Å². The zero-order valence-corrected chi connectivity index (χ0v) is 27.6. The van der Waals surface area contributed by atoms with Gasteiger partial charge in [0, 0.05) is 24.3 Å². The lowest BCUT2D eigenvalue weighted by molar-refractivity contribution is -0.160. The molecule has 0 saturated carbocycles. The lowest BCUT2D eigenvalue weighted by Crippen LogP contribution is -2.57. The zero-order chi connectivity index (χ0) is 33.0. The van der Waals surface area contributed by atoms with Gasteiger partial charge in [-0.15, -0.1) is 13.2 Å². The number of amides is 3. The molecule has 10 nitrogen and oxygen atoms in total. The molecule has 3 heterocycles. The van der Waals surface area contributed by atoms with Crippen LogP contribution in [0.25, 0.3) is 0 Å². The Kier molecular flexibility index (Phi) is 10.7. The lowest BCUT2D eigenvalue weighted by Gasteiger charge is -2.37. The summed E-state index contributed by atoms with van der Waals surface area (Å²) in [5, 5.41) is 13.1. The zero-order valence-electron chi connectivity index (χ0n) is 25.2. The molecule has 3 fully saturated rings. The fourth-order valence-corrected chi connectivity index (χ4v) is 8.10. The number of hydrogen-bond acceptors (Lipinski definition) is 7. The second kappa shape index (κ2) is 14.5. The molecule has 0 radical (unpaired) electrons. The van der Waals surface area contributed by atoms with Crippen molar-refractivity contribution < 1.29 is 33.8 Å². The van der Waals surface area contributed by atoms with Gasteiger partial charge in [-0.1, -0.05) is 82.1 Å². The summed E-state index contributed by atoms with van der Waals surface area (Å²) in [5.41, 5.74) is -0.264. The molecule has 12 heteroatoms. The van der Waals surface area contributed by atoms with E-state index < -0.39 is 60.1 Å². The van der Waals surface area contributed by atoms with E-state index in [0.29, 0.717) is 22.7 Å². The van der Waals surface area contributed by atoms with Crippen molar-refractivity contribution in [2.75, 3.05) is 31.1 Å². The lowest BCUT2D eigenvalue weighted by atomic mass is 9.70. The fraction of sp³-hybridized carbons (Fsp3) is 0.412. The number of para-hydroxylation sites is 1. The standard InChI is InChI=1S/C34H37BrClN3O7/c1-3-5-15-26(41)37-20-25(21-11-7-6-8-12-21)45-33(44)27-28-31(42)39(17-18-40)30(34(28)19-22(35)29(27)46-34)32(43)38(16-4-2)24-14-10-9-13-23(24)36/h3-4,6-14,22,25,27-30,40H,1-2,5,15-20H2,(H,37,41)/t22?,25-,27-,28+,29-,30-,34+/m0/s1. The Bertz CT molecular complexity index is 1490.